The highest BCUT2D eigenvalue weighted by molar-refractivity contribution is 6.89. The first kappa shape index (κ1) is 48.2. The maximum atomic E-state index is 8.94. The van der Waals surface area contributed by atoms with Crippen molar-refractivity contribution >= 4 is 26.5 Å². The second-order valence-corrected chi connectivity index (χ2v) is 37.6. The molecule has 9 aromatic rings. The number of aryl methyl sites for hydroxylation is 14. The molecule has 0 fully saturated rings. The zero-order chi connectivity index (χ0) is 77.6. The third-order valence-electron chi connectivity index (χ3n) is 15.2. The van der Waals surface area contributed by atoms with Crippen molar-refractivity contribution in [2.45, 2.75) is 163 Å². The molecule has 0 atom stereocenters. The highest BCUT2D eigenvalue weighted by Gasteiger charge is 2.29. The Hall–Kier alpha value is -6.87. The third-order valence-corrected chi connectivity index (χ3v) is 19.2. The van der Waals surface area contributed by atoms with Crippen molar-refractivity contribution in [1.29, 1.82) is 0 Å². The molecule has 6 heteroatoms. The molecule has 5 aromatic carbocycles. The Balaban J connectivity index is 0.000000215. The Bertz CT molecular complexity index is 4500. The van der Waals surface area contributed by atoms with Crippen LogP contribution in [0.4, 0.5) is 0 Å². The minimum absolute atomic E-state index is 0.303. The third kappa shape index (κ3) is 18.3. The van der Waals surface area contributed by atoms with Gasteiger partial charge in [0.2, 0.25) is 22.8 Å². The first-order chi connectivity index (χ1) is 46.3. The summed E-state index contributed by atoms with van der Waals surface area (Å²) in [6.07, 6.45) is 4.90. The minimum Gasteiger partial charge on any atom is -0.201 e. The first-order valence-electron chi connectivity index (χ1n) is 37.9. The van der Waals surface area contributed by atoms with Crippen molar-refractivity contribution < 1.29 is 40.2 Å². The van der Waals surface area contributed by atoms with Gasteiger partial charge in [-0.05, 0) is 167 Å². The molecule has 452 valence electrons. The van der Waals surface area contributed by atoms with E-state index >= 15 is 0 Å². The predicted molar refractivity (Wildman–Crippen MR) is 377 cm³/mol. The number of nitrogens with zero attached hydrogens (tertiary/aromatic N) is 4. The van der Waals surface area contributed by atoms with Crippen molar-refractivity contribution in [3.05, 3.63) is 225 Å². The van der Waals surface area contributed by atoms with Crippen LogP contribution in [0.1, 0.15) is 130 Å². The second-order valence-electron chi connectivity index (χ2n) is 27.5. The van der Waals surface area contributed by atoms with Crippen LogP contribution < -0.4 is 28.6 Å². The van der Waals surface area contributed by atoms with E-state index in [4.69, 9.17) is 21.9 Å². The Kier molecular flexibility index (Phi) is 15.6. The van der Waals surface area contributed by atoms with E-state index in [1.807, 2.05) is 129 Å². The molecule has 0 unspecified atom stereocenters. The van der Waals surface area contributed by atoms with Gasteiger partial charge < -0.3 is 0 Å². The summed E-state index contributed by atoms with van der Waals surface area (Å²) in [7, 11) is 4.74. The van der Waals surface area contributed by atoms with E-state index in [-0.39, 0.29) is 0 Å². The molecule has 4 aromatic heterocycles. The largest absolute Gasteiger partial charge is 0.212 e. The first-order valence-corrected chi connectivity index (χ1v) is 36.9. The van der Waals surface area contributed by atoms with Gasteiger partial charge in [0.15, 0.2) is 24.8 Å². The van der Waals surface area contributed by atoms with E-state index in [2.05, 4.69) is 131 Å². The van der Waals surface area contributed by atoms with Gasteiger partial charge >= 0.3 is 0 Å². The number of benzene rings is 5. The van der Waals surface area contributed by atoms with Crippen LogP contribution in [0.2, 0.25) is 39.3 Å². The SMILES string of the molecule is Cc1ccc(-c2ccccc2)cc1-c1ccc([Si](C)(C)C)c[n+]1C.[2H]C([2H])([2H])c1ccc(-c2cc(C([2H])([2H])C(C)(C)C)c([Si](C)(C)C)c[n+]2C)c(C)c1.[2H]C([2H])([2H])c1ccc(-c2cc(C)c(C([2H])([2H])C(C)(C)C)c[n+]2C)c(C)c1.[2H]C([2H])([2H])c1ccc(-c2cc(C)c(C([2H])([2H])[2H])c[n+]2C)c(C)c1. The van der Waals surface area contributed by atoms with Crippen molar-refractivity contribution in [3.63, 3.8) is 0 Å². The average Bonchev–Trinajstić information content (AvgIpc) is 0.754. The van der Waals surface area contributed by atoms with Crippen molar-refractivity contribution in [1.82, 2.24) is 0 Å². The number of pyridine rings is 4. The molecule has 9 rings (SSSR count). The number of rotatable bonds is 9. The molecular weight excluding hydrogens is 1070 g/mol. The van der Waals surface area contributed by atoms with Crippen LogP contribution in [0.3, 0.4) is 0 Å². The normalized spacial score (nSPS) is 15.4. The monoisotopic (exact) mass is 1200 g/mol. The average molecular weight is 1200 g/mol. The van der Waals surface area contributed by atoms with Crippen LogP contribution in [-0.4, -0.2) is 16.1 Å². The van der Waals surface area contributed by atoms with E-state index < -0.39 is 67.1 Å². The maximum Gasteiger partial charge on any atom is 0.212 e. The summed E-state index contributed by atoms with van der Waals surface area (Å²) in [6, 6.07) is 43.2. The van der Waals surface area contributed by atoms with Gasteiger partial charge in [-0.25, -0.2) is 18.3 Å². The number of hydrogen-bond donors (Lipinski definition) is 0. The summed E-state index contributed by atoms with van der Waals surface area (Å²) < 4.78 is 134. The fraction of sp³-hybridized carbons (Fsp3) is 0.375. The Morgan fingerprint density at radius 3 is 1.28 bits per heavy atom. The fourth-order valence-corrected chi connectivity index (χ4v) is 13.2. The standard InChI is InChI=1S/C22H26NSi.C22H34NSi.C20H28N.C16H20N/c1-17-11-12-19(18-9-7-6-8-10-18)15-21(17)22-14-13-20(16-23(22)2)24(3,4)5;1-16-10-11-19(17(2)12-16)20-13-18(14-22(3,4)5)21(15-23(20)6)24(7,8)9;1-14-8-9-18(16(3)10-14)19-11-15(2)17(13-21(19)7)12-20(4,5)6;1-11-6-7-15(13(3)8-11)16-9-12(2)14(4)10-17(16)5/h6-16H,1-5H3;10-13,15H,14H2,1-9H3;8-11,13H,12H2,1-7H3;6-10H,1-5H3/q4*+1/i;1D3,14D2;1D3,12D2;1D3,4D3. The molecule has 0 bridgehead atoms. The number of aromatic nitrogens is 4. The zero-order valence-electron chi connectivity index (χ0n) is 71.8. The molecular formula is C80H108N4Si2+4. The van der Waals surface area contributed by atoms with Gasteiger partial charge in [-0.15, -0.1) is 0 Å². The van der Waals surface area contributed by atoms with Crippen LogP contribution in [0.5, 0.6) is 0 Å². The molecule has 0 N–H and O–H groups in total. The maximum absolute atomic E-state index is 8.94. The van der Waals surface area contributed by atoms with Gasteiger partial charge in [0, 0.05) is 90.0 Å². The summed E-state index contributed by atoms with van der Waals surface area (Å²) >= 11 is 0. The molecule has 86 heavy (non-hydrogen) atoms. The quantitative estimate of drug-likeness (QED) is 0.101. The van der Waals surface area contributed by atoms with Crippen LogP contribution >= 0.6 is 0 Å². The van der Waals surface area contributed by atoms with Crippen molar-refractivity contribution in [2.24, 2.45) is 39.0 Å². The van der Waals surface area contributed by atoms with Crippen LogP contribution in [0.25, 0.3) is 56.2 Å². The summed E-state index contributed by atoms with van der Waals surface area (Å²) in [5, 5.41) is 2.60. The van der Waals surface area contributed by atoms with E-state index in [1.54, 1.807) is 67.2 Å². The lowest BCUT2D eigenvalue weighted by molar-refractivity contribution is -0.661. The molecule has 0 saturated heterocycles. The summed E-state index contributed by atoms with van der Waals surface area (Å²) in [6.45, 7) is 28.4. The predicted octanol–water partition coefficient (Wildman–Crippen LogP) is 17.7. The lowest BCUT2D eigenvalue weighted by atomic mass is 9.87. The highest BCUT2D eigenvalue weighted by atomic mass is 28.3. The lowest BCUT2D eigenvalue weighted by Gasteiger charge is -2.25. The minimum atomic E-state index is -2.15. The Morgan fingerprint density at radius 1 is 0.360 bits per heavy atom. The molecule has 4 heterocycles. The molecule has 0 spiro atoms. The fourth-order valence-electron chi connectivity index (χ4n) is 10.5. The van der Waals surface area contributed by atoms with Crippen molar-refractivity contribution in [2.75, 3.05) is 0 Å². The summed E-state index contributed by atoms with van der Waals surface area (Å²) in [5.41, 5.74) is 17.7. The van der Waals surface area contributed by atoms with E-state index in [0.717, 1.165) is 66.8 Å². The van der Waals surface area contributed by atoms with E-state index in [1.165, 1.54) is 33.1 Å². The van der Waals surface area contributed by atoms with Crippen LogP contribution in [-0.2, 0) is 40.9 Å². The molecule has 0 aliphatic carbocycles. The highest BCUT2D eigenvalue weighted by Crippen LogP contribution is 2.31. The molecule has 4 nitrogen and oxygen atoms in total. The van der Waals surface area contributed by atoms with E-state index in [0.29, 0.717) is 33.4 Å². The Labute approximate surface area is 547 Å². The van der Waals surface area contributed by atoms with Gasteiger partial charge in [-0.1, -0.05) is 182 Å². The summed E-state index contributed by atoms with van der Waals surface area (Å²) in [4.78, 5) is 0. The molecule has 0 aliphatic rings. The van der Waals surface area contributed by atoms with Crippen LogP contribution in [0.15, 0.2) is 158 Å². The van der Waals surface area contributed by atoms with Gasteiger partial charge in [-0.3, -0.25) is 0 Å². The van der Waals surface area contributed by atoms with Gasteiger partial charge in [0.1, 0.15) is 28.2 Å². The topological polar surface area (TPSA) is 15.5 Å². The summed E-state index contributed by atoms with van der Waals surface area (Å²) in [5.74, 6) is 0. The second kappa shape index (κ2) is 27.9. The van der Waals surface area contributed by atoms with Gasteiger partial charge in [0.05, 0.1) is 16.1 Å². The number of hydrogen-bond acceptors (Lipinski definition) is 0. The zero-order valence-corrected chi connectivity index (χ0v) is 57.8. The van der Waals surface area contributed by atoms with E-state index in [9.17, 15) is 0 Å². The molecule has 0 radical (unpaired) electrons. The molecule has 0 aliphatic heterocycles. The van der Waals surface area contributed by atoms with Gasteiger partial charge in [-0.2, -0.15) is 0 Å². The van der Waals surface area contributed by atoms with Crippen LogP contribution in [0, 0.1) is 79.8 Å². The lowest BCUT2D eigenvalue weighted by Crippen LogP contribution is -2.47. The van der Waals surface area contributed by atoms with Gasteiger partial charge in [0.25, 0.3) is 0 Å². The van der Waals surface area contributed by atoms with Crippen molar-refractivity contribution in [3.8, 4) is 56.2 Å². The molecule has 0 saturated carbocycles. The molecule has 0 amide bonds. The smallest absolute Gasteiger partial charge is 0.201 e. The Morgan fingerprint density at radius 2 is 0.826 bits per heavy atom.